The van der Waals surface area contributed by atoms with Crippen molar-refractivity contribution in [1.29, 1.82) is 5.26 Å². The fourth-order valence-corrected chi connectivity index (χ4v) is 3.11. The van der Waals surface area contributed by atoms with Crippen molar-refractivity contribution >= 4 is 23.0 Å². The largest absolute Gasteiger partial charge is 0.465 e. The van der Waals surface area contributed by atoms with Gasteiger partial charge in [0, 0.05) is 24.0 Å². The topological polar surface area (TPSA) is 86.5 Å². The molecule has 0 aliphatic carbocycles. The Morgan fingerprint density at radius 2 is 2.36 bits per heavy atom. The lowest BCUT2D eigenvalue weighted by Gasteiger charge is -2.22. The van der Waals surface area contributed by atoms with E-state index < -0.39 is 11.9 Å². The lowest BCUT2D eigenvalue weighted by Crippen LogP contribution is -2.33. The lowest BCUT2D eigenvalue weighted by atomic mass is 10.1. The predicted molar refractivity (Wildman–Crippen MR) is 89.8 cm³/mol. The summed E-state index contributed by atoms with van der Waals surface area (Å²) in [5, 5.41) is 19.9. The Hall–Kier alpha value is -2.92. The van der Waals surface area contributed by atoms with Crippen molar-refractivity contribution < 1.29 is 19.0 Å². The molecule has 0 fully saturated rings. The summed E-state index contributed by atoms with van der Waals surface area (Å²) in [7, 11) is 0. The standard InChI is InChI=1S/C17H14FN3O3S/c18-14-7-11(8-19)1-2-13(14)9-24-16-20-15(10-25-16)12-3-5-21(6-4-12)17(22)23/h1-3,7,10H,4-6,9H2,(H,22,23). The Balaban J connectivity index is 1.63. The van der Waals surface area contributed by atoms with Gasteiger partial charge < -0.3 is 14.7 Å². The molecule has 2 heterocycles. The van der Waals surface area contributed by atoms with Crippen LogP contribution >= 0.6 is 11.3 Å². The van der Waals surface area contributed by atoms with Crippen LogP contribution in [-0.2, 0) is 6.61 Å². The van der Waals surface area contributed by atoms with Gasteiger partial charge >= 0.3 is 6.09 Å². The van der Waals surface area contributed by atoms with Crippen LogP contribution < -0.4 is 4.74 Å². The summed E-state index contributed by atoms with van der Waals surface area (Å²) in [6.07, 6.45) is 1.51. The maximum absolute atomic E-state index is 13.8. The number of carboxylic acid groups (broad SMARTS) is 1. The molecule has 6 nitrogen and oxygen atoms in total. The number of rotatable bonds is 4. The number of ether oxygens (including phenoxy) is 1. The maximum Gasteiger partial charge on any atom is 0.407 e. The first-order valence-electron chi connectivity index (χ1n) is 7.51. The first-order chi connectivity index (χ1) is 12.1. The Bertz CT molecular complexity index is 872. The molecule has 1 aromatic heterocycles. The second-order valence-electron chi connectivity index (χ2n) is 5.41. The number of nitrogens with zero attached hydrogens (tertiary/aromatic N) is 3. The van der Waals surface area contributed by atoms with Crippen molar-refractivity contribution in [1.82, 2.24) is 9.88 Å². The molecule has 1 aliphatic heterocycles. The summed E-state index contributed by atoms with van der Waals surface area (Å²) in [5.41, 5.74) is 2.35. The van der Waals surface area contributed by atoms with E-state index in [0.29, 0.717) is 30.3 Å². The monoisotopic (exact) mass is 359 g/mol. The quantitative estimate of drug-likeness (QED) is 0.903. The van der Waals surface area contributed by atoms with Crippen molar-refractivity contribution in [3.8, 4) is 11.3 Å². The van der Waals surface area contributed by atoms with Gasteiger partial charge in [0.05, 0.1) is 17.3 Å². The van der Waals surface area contributed by atoms with Gasteiger partial charge in [0.1, 0.15) is 12.4 Å². The number of amides is 1. The molecule has 0 saturated carbocycles. The van der Waals surface area contributed by atoms with Crippen molar-refractivity contribution in [3.63, 3.8) is 0 Å². The Morgan fingerprint density at radius 3 is 3.00 bits per heavy atom. The zero-order valence-corrected chi connectivity index (χ0v) is 13.9. The van der Waals surface area contributed by atoms with Crippen LogP contribution in [0.3, 0.4) is 0 Å². The first kappa shape index (κ1) is 16.9. The zero-order valence-electron chi connectivity index (χ0n) is 13.1. The van der Waals surface area contributed by atoms with Crippen LogP contribution in [0.5, 0.6) is 5.19 Å². The number of carbonyl (C=O) groups is 1. The third kappa shape index (κ3) is 3.95. The Kier molecular flexibility index (Phi) is 4.95. The molecule has 25 heavy (non-hydrogen) atoms. The van der Waals surface area contributed by atoms with E-state index in [1.807, 2.05) is 17.5 Å². The normalized spacial score (nSPS) is 13.9. The highest BCUT2D eigenvalue weighted by Gasteiger charge is 2.18. The van der Waals surface area contributed by atoms with Gasteiger partial charge in [0.25, 0.3) is 5.19 Å². The minimum atomic E-state index is -0.929. The lowest BCUT2D eigenvalue weighted by molar-refractivity contribution is 0.150. The summed E-state index contributed by atoms with van der Waals surface area (Å²) in [6, 6.07) is 6.11. The van der Waals surface area contributed by atoms with Crippen LogP contribution in [0.2, 0.25) is 0 Å². The van der Waals surface area contributed by atoms with Crippen LogP contribution in [0, 0.1) is 17.1 Å². The van der Waals surface area contributed by atoms with Crippen molar-refractivity contribution in [2.75, 3.05) is 13.1 Å². The van der Waals surface area contributed by atoms with Crippen molar-refractivity contribution in [2.24, 2.45) is 0 Å². The van der Waals surface area contributed by atoms with Gasteiger partial charge in [-0.05, 0) is 24.1 Å². The van der Waals surface area contributed by atoms with E-state index in [1.165, 1.54) is 34.4 Å². The molecule has 1 amide bonds. The van der Waals surface area contributed by atoms with E-state index in [-0.39, 0.29) is 12.2 Å². The molecule has 2 aromatic rings. The Morgan fingerprint density at radius 1 is 1.52 bits per heavy atom. The number of benzene rings is 1. The highest BCUT2D eigenvalue weighted by molar-refractivity contribution is 7.11. The fourth-order valence-electron chi connectivity index (χ4n) is 2.42. The van der Waals surface area contributed by atoms with Gasteiger partial charge in [-0.3, -0.25) is 0 Å². The van der Waals surface area contributed by atoms with Gasteiger partial charge in [0.2, 0.25) is 0 Å². The highest BCUT2D eigenvalue weighted by atomic mass is 32.1. The molecule has 1 aliphatic rings. The van der Waals surface area contributed by atoms with Crippen LogP contribution in [0.4, 0.5) is 9.18 Å². The number of hydrogen-bond acceptors (Lipinski definition) is 5. The minimum absolute atomic E-state index is 0.0241. The maximum atomic E-state index is 13.8. The number of halogens is 1. The van der Waals surface area contributed by atoms with Gasteiger partial charge in [-0.25, -0.2) is 14.2 Å². The van der Waals surface area contributed by atoms with Gasteiger partial charge in [-0.1, -0.05) is 23.5 Å². The molecule has 1 aromatic carbocycles. The van der Waals surface area contributed by atoms with Crippen molar-refractivity contribution in [2.45, 2.75) is 13.0 Å². The fraction of sp³-hybridized carbons (Fsp3) is 0.235. The second kappa shape index (κ2) is 7.32. The summed E-state index contributed by atoms with van der Waals surface area (Å²) in [5.74, 6) is -0.486. The van der Waals surface area contributed by atoms with E-state index in [0.717, 1.165) is 11.3 Å². The van der Waals surface area contributed by atoms with E-state index in [2.05, 4.69) is 4.98 Å². The van der Waals surface area contributed by atoms with E-state index >= 15 is 0 Å². The molecule has 8 heteroatoms. The van der Waals surface area contributed by atoms with Crippen LogP contribution in [0.15, 0.2) is 29.7 Å². The number of thiazole rings is 1. The average molecular weight is 359 g/mol. The zero-order chi connectivity index (χ0) is 17.8. The third-order valence-corrected chi connectivity index (χ3v) is 4.58. The molecule has 128 valence electrons. The van der Waals surface area contributed by atoms with Gasteiger partial charge in [-0.2, -0.15) is 5.26 Å². The second-order valence-corrected chi connectivity index (χ2v) is 6.23. The highest BCUT2D eigenvalue weighted by Crippen LogP contribution is 2.28. The summed E-state index contributed by atoms with van der Waals surface area (Å²) >= 11 is 1.30. The molecular formula is C17H14FN3O3S. The van der Waals surface area contributed by atoms with E-state index in [1.54, 1.807) is 0 Å². The van der Waals surface area contributed by atoms with E-state index in [4.69, 9.17) is 15.1 Å². The van der Waals surface area contributed by atoms with Gasteiger partial charge in [-0.15, -0.1) is 0 Å². The molecule has 0 atom stereocenters. The summed E-state index contributed by atoms with van der Waals surface area (Å²) < 4.78 is 19.4. The van der Waals surface area contributed by atoms with Crippen LogP contribution in [0.25, 0.3) is 5.57 Å². The molecule has 0 saturated heterocycles. The Labute approximate surface area is 147 Å². The van der Waals surface area contributed by atoms with Crippen LogP contribution in [-0.4, -0.2) is 34.2 Å². The van der Waals surface area contributed by atoms with Gasteiger partial charge in [0.15, 0.2) is 0 Å². The average Bonchev–Trinajstić information content (AvgIpc) is 3.09. The molecule has 1 N–H and O–H groups in total. The minimum Gasteiger partial charge on any atom is -0.465 e. The first-order valence-corrected chi connectivity index (χ1v) is 8.39. The van der Waals surface area contributed by atoms with Crippen LogP contribution in [0.1, 0.15) is 23.2 Å². The number of nitriles is 1. The number of hydrogen-bond donors (Lipinski definition) is 1. The smallest absolute Gasteiger partial charge is 0.407 e. The molecule has 0 bridgehead atoms. The molecular weight excluding hydrogens is 345 g/mol. The number of aromatic nitrogens is 1. The summed E-state index contributed by atoms with van der Waals surface area (Å²) in [6.45, 7) is 0.802. The molecule has 0 spiro atoms. The third-order valence-electron chi connectivity index (χ3n) is 3.83. The van der Waals surface area contributed by atoms with Crippen molar-refractivity contribution in [3.05, 3.63) is 52.3 Å². The van der Waals surface area contributed by atoms with E-state index in [9.17, 15) is 9.18 Å². The molecule has 0 unspecified atom stereocenters. The molecule has 0 radical (unpaired) electrons. The summed E-state index contributed by atoms with van der Waals surface area (Å²) in [4.78, 5) is 16.6. The predicted octanol–water partition coefficient (Wildman–Crippen LogP) is 3.50. The molecule has 3 rings (SSSR count). The SMILES string of the molecule is N#Cc1ccc(COc2nc(C3=CCN(C(=O)O)CC3)cs2)c(F)c1.